The van der Waals surface area contributed by atoms with Gasteiger partial charge in [-0.2, -0.15) is 0 Å². The Morgan fingerprint density at radius 3 is 2.52 bits per heavy atom. The summed E-state index contributed by atoms with van der Waals surface area (Å²) < 4.78 is 0. The number of carboxylic acids is 1. The summed E-state index contributed by atoms with van der Waals surface area (Å²) >= 11 is 0. The van der Waals surface area contributed by atoms with E-state index in [1.807, 2.05) is 30.3 Å². The zero-order valence-corrected chi connectivity index (χ0v) is 11.9. The van der Waals surface area contributed by atoms with Crippen molar-refractivity contribution >= 4 is 11.9 Å². The summed E-state index contributed by atoms with van der Waals surface area (Å²) in [6.45, 7) is 3.45. The molecule has 1 heterocycles. The lowest BCUT2D eigenvalue weighted by atomic mass is 10.1. The van der Waals surface area contributed by atoms with Gasteiger partial charge in [0, 0.05) is 6.54 Å². The van der Waals surface area contributed by atoms with Gasteiger partial charge in [-0.3, -0.25) is 4.79 Å². The SMILES string of the molecule is Cc1ncc(C(=O)N(Cc2ccccc2)C(C)C(=O)O)[nH]1. The van der Waals surface area contributed by atoms with Crippen molar-refractivity contribution in [2.45, 2.75) is 26.4 Å². The van der Waals surface area contributed by atoms with Gasteiger partial charge in [-0.1, -0.05) is 30.3 Å². The number of aromatic amines is 1. The number of carbonyl (C=O) groups excluding carboxylic acids is 1. The predicted octanol–water partition coefficient (Wildman–Crippen LogP) is 1.83. The molecular formula is C15H17N3O3. The molecule has 21 heavy (non-hydrogen) atoms. The molecule has 2 aromatic rings. The Morgan fingerprint density at radius 1 is 1.33 bits per heavy atom. The monoisotopic (exact) mass is 287 g/mol. The van der Waals surface area contributed by atoms with Gasteiger partial charge in [-0.05, 0) is 19.4 Å². The van der Waals surface area contributed by atoms with Crippen molar-refractivity contribution < 1.29 is 14.7 Å². The van der Waals surface area contributed by atoms with E-state index in [2.05, 4.69) is 9.97 Å². The molecule has 0 bridgehead atoms. The Labute approximate surface area is 122 Å². The number of nitrogens with one attached hydrogen (secondary N) is 1. The zero-order chi connectivity index (χ0) is 15.4. The molecular weight excluding hydrogens is 270 g/mol. The normalized spacial score (nSPS) is 11.9. The number of nitrogens with zero attached hydrogens (tertiary/aromatic N) is 2. The van der Waals surface area contributed by atoms with Crippen LogP contribution >= 0.6 is 0 Å². The highest BCUT2D eigenvalue weighted by molar-refractivity contribution is 5.94. The lowest BCUT2D eigenvalue weighted by Gasteiger charge is -2.26. The Kier molecular flexibility index (Phi) is 4.37. The largest absolute Gasteiger partial charge is 0.480 e. The van der Waals surface area contributed by atoms with Crippen LogP contribution in [0.2, 0.25) is 0 Å². The maximum absolute atomic E-state index is 12.5. The van der Waals surface area contributed by atoms with Crippen LogP contribution in [0.5, 0.6) is 0 Å². The van der Waals surface area contributed by atoms with Crippen LogP contribution in [0.25, 0.3) is 0 Å². The Hall–Kier alpha value is -2.63. The molecule has 0 radical (unpaired) electrons. The number of benzene rings is 1. The van der Waals surface area contributed by atoms with Gasteiger partial charge in [-0.15, -0.1) is 0 Å². The summed E-state index contributed by atoms with van der Waals surface area (Å²) in [6, 6.07) is 8.35. The molecule has 2 N–H and O–H groups in total. The van der Waals surface area contributed by atoms with E-state index in [-0.39, 0.29) is 18.1 Å². The van der Waals surface area contributed by atoms with E-state index in [1.165, 1.54) is 18.0 Å². The van der Waals surface area contributed by atoms with Crippen LogP contribution < -0.4 is 0 Å². The van der Waals surface area contributed by atoms with Crippen molar-refractivity contribution in [2.24, 2.45) is 0 Å². The molecule has 1 aromatic carbocycles. The van der Waals surface area contributed by atoms with Gasteiger partial charge < -0.3 is 15.0 Å². The van der Waals surface area contributed by atoms with E-state index >= 15 is 0 Å². The number of amides is 1. The third kappa shape index (κ3) is 3.47. The van der Waals surface area contributed by atoms with E-state index in [9.17, 15) is 14.7 Å². The molecule has 6 nitrogen and oxygen atoms in total. The number of aryl methyl sites for hydroxylation is 1. The van der Waals surface area contributed by atoms with Crippen LogP contribution in [0.3, 0.4) is 0 Å². The average molecular weight is 287 g/mol. The summed E-state index contributed by atoms with van der Waals surface area (Å²) in [5.41, 5.74) is 1.16. The zero-order valence-electron chi connectivity index (χ0n) is 11.9. The first-order valence-electron chi connectivity index (χ1n) is 6.58. The minimum Gasteiger partial charge on any atom is -0.480 e. The van der Waals surface area contributed by atoms with E-state index in [4.69, 9.17) is 0 Å². The molecule has 1 atom stereocenters. The molecule has 0 saturated carbocycles. The van der Waals surface area contributed by atoms with Crippen LogP contribution in [0, 0.1) is 6.92 Å². The smallest absolute Gasteiger partial charge is 0.326 e. The van der Waals surface area contributed by atoms with Crippen molar-refractivity contribution in [3.8, 4) is 0 Å². The maximum Gasteiger partial charge on any atom is 0.326 e. The molecule has 0 aliphatic heterocycles. The second kappa shape index (κ2) is 6.21. The van der Waals surface area contributed by atoms with Crippen LogP contribution in [0.1, 0.15) is 28.8 Å². The fourth-order valence-electron chi connectivity index (χ4n) is 1.98. The lowest BCUT2D eigenvalue weighted by Crippen LogP contribution is -2.42. The number of rotatable bonds is 5. The quantitative estimate of drug-likeness (QED) is 0.878. The number of carboxylic acid groups (broad SMARTS) is 1. The van der Waals surface area contributed by atoms with E-state index in [0.717, 1.165) is 5.56 Å². The first-order chi connectivity index (χ1) is 9.99. The highest BCUT2D eigenvalue weighted by atomic mass is 16.4. The summed E-state index contributed by atoms with van der Waals surface area (Å²) in [7, 11) is 0. The Bertz CT molecular complexity index is 637. The molecule has 1 aromatic heterocycles. The van der Waals surface area contributed by atoms with E-state index in [0.29, 0.717) is 5.82 Å². The first kappa shape index (κ1) is 14.8. The van der Waals surface area contributed by atoms with Crippen molar-refractivity contribution in [3.05, 3.63) is 53.6 Å². The molecule has 2 rings (SSSR count). The van der Waals surface area contributed by atoms with Crippen molar-refractivity contribution in [1.29, 1.82) is 0 Å². The fourth-order valence-corrected chi connectivity index (χ4v) is 1.98. The molecule has 6 heteroatoms. The lowest BCUT2D eigenvalue weighted by molar-refractivity contribution is -0.141. The molecule has 0 aliphatic carbocycles. The number of H-pyrrole nitrogens is 1. The van der Waals surface area contributed by atoms with Crippen LogP contribution in [-0.4, -0.2) is 37.9 Å². The number of hydrogen-bond acceptors (Lipinski definition) is 3. The minimum absolute atomic E-state index is 0.227. The highest BCUT2D eigenvalue weighted by Crippen LogP contribution is 2.13. The van der Waals surface area contributed by atoms with Crippen molar-refractivity contribution in [1.82, 2.24) is 14.9 Å². The Morgan fingerprint density at radius 2 is 2.00 bits per heavy atom. The predicted molar refractivity (Wildman–Crippen MR) is 76.7 cm³/mol. The summed E-state index contributed by atoms with van der Waals surface area (Å²) in [6.07, 6.45) is 1.42. The topological polar surface area (TPSA) is 86.3 Å². The maximum atomic E-state index is 12.5. The molecule has 0 saturated heterocycles. The molecule has 0 spiro atoms. The standard InChI is InChI=1S/C15H17N3O3/c1-10(15(20)21)18(9-12-6-4-3-5-7-12)14(19)13-8-16-11(2)17-13/h3-8,10H,9H2,1-2H3,(H,16,17)(H,20,21). The molecule has 1 amide bonds. The van der Waals surface area contributed by atoms with Crippen molar-refractivity contribution in [3.63, 3.8) is 0 Å². The van der Waals surface area contributed by atoms with E-state index in [1.54, 1.807) is 6.92 Å². The van der Waals surface area contributed by atoms with Crippen molar-refractivity contribution in [2.75, 3.05) is 0 Å². The van der Waals surface area contributed by atoms with Gasteiger partial charge in [0.2, 0.25) is 0 Å². The third-order valence-corrected chi connectivity index (χ3v) is 3.21. The van der Waals surface area contributed by atoms with Gasteiger partial charge in [0.15, 0.2) is 0 Å². The molecule has 0 aliphatic rings. The number of imidazole rings is 1. The second-order valence-corrected chi connectivity index (χ2v) is 4.82. The van der Waals surface area contributed by atoms with E-state index < -0.39 is 12.0 Å². The molecule has 110 valence electrons. The Balaban J connectivity index is 2.27. The summed E-state index contributed by atoms with van der Waals surface area (Å²) in [5.74, 6) is -0.814. The van der Waals surface area contributed by atoms with Gasteiger partial charge in [0.1, 0.15) is 17.6 Å². The summed E-state index contributed by atoms with van der Waals surface area (Å²) in [5, 5.41) is 9.21. The molecule has 0 fully saturated rings. The van der Waals surface area contributed by atoms with Crippen LogP contribution in [-0.2, 0) is 11.3 Å². The van der Waals surface area contributed by atoms with Gasteiger partial charge >= 0.3 is 5.97 Å². The number of hydrogen-bond donors (Lipinski definition) is 2. The van der Waals surface area contributed by atoms with Crippen LogP contribution in [0.4, 0.5) is 0 Å². The van der Waals surface area contributed by atoms with Crippen LogP contribution in [0.15, 0.2) is 36.5 Å². The van der Waals surface area contributed by atoms with Gasteiger partial charge in [0.05, 0.1) is 6.20 Å². The minimum atomic E-state index is -1.05. The summed E-state index contributed by atoms with van der Waals surface area (Å²) in [4.78, 5) is 31.9. The highest BCUT2D eigenvalue weighted by Gasteiger charge is 2.27. The molecule has 1 unspecified atom stereocenters. The first-order valence-corrected chi connectivity index (χ1v) is 6.58. The van der Waals surface area contributed by atoms with Gasteiger partial charge in [0.25, 0.3) is 5.91 Å². The number of aromatic nitrogens is 2. The fraction of sp³-hybridized carbons (Fsp3) is 0.267. The van der Waals surface area contributed by atoms with Gasteiger partial charge in [-0.25, -0.2) is 9.78 Å². The second-order valence-electron chi connectivity index (χ2n) is 4.82. The number of carbonyl (C=O) groups is 2. The average Bonchev–Trinajstić information content (AvgIpc) is 2.91. The number of aliphatic carboxylic acids is 1. The third-order valence-electron chi connectivity index (χ3n) is 3.21.